The molecule has 88 valence electrons. The lowest BCUT2D eigenvalue weighted by molar-refractivity contribution is -0.0915. The number of urea groups is 1. The smallest absolute Gasteiger partial charge is 0.314 e. The normalized spacial score (nSPS) is 24.6. The maximum Gasteiger partial charge on any atom is 0.314 e. The Bertz CT molecular complexity index is 215. The highest BCUT2D eigenvalue weighted by atomic mass is 16.5. The van der Waals surface area contributed by atoms with Crippen LogP contribution in [0.2, 0.25) is 0 Å². The highest BCUT2D eigenvalue weighted by molar-refractivity contribution is 5.73. The Hall–Kier alpha value is -0.770. The van der Waals surface area contributed by atoms with Crippen molar-refractivity contribution in [2.75, 3.05) is 13.7 Å². The number of nitrogens with one attached hydrogen (secondary N) is 2. The summed E-state index contributed by atoms with van der Waals surface area (Å²) < 4.78 is 5.84. The Morgan fingerprint density at radius 1 is 1.47 bits per heavy atom. The van der Waals surface area contributed by atoms with E-state index in [2.05, 4.69) is 24.5 Å². The third-order valence-electron chi connectivity index (χ3n) is 3.34. The first-order chi connectivity index (χ1) is 7.15. The van der Waals surface area contributed by atoms with E-state index in [1.165, 1.54) is 0 Å². The first-order valence-corrected chi connectivity index (χ1v) is 5.78. The lowest BCUT2D eigenvalue weighted by atomic mass is 9.86. The van der Waals surface area contributed by atoms with Crippen molar-refractivity contribution in [3.8, 4) is 0 Å². The van der Waals surface area contributed by atoms with Gasteiger partial charge >= 0.3 is 6.03 Å². The first kappa shape index (κ1) is 12.3. The minimum atomic E-state index is -0.0944. The van der Waals surface area contributed by atoms with Gasteiger partial charge < -0.3 is 15.4 Å². The SMILES string of the molecule is CCC1(CC)CC(NC(=O)NC)CCO1. The monoisotopic (exact) mass is 214 g/mol. The van der Waals surface area contributed by atoms with Crippen LogP contribution >= 0.6 is 0 Å². The van der Waals surface area contributed by atoms with Crippen molar-refractivity contribution in [2.45, 2.75) is 51.2 Å². The minimum Gasteiger partial charge on any atom is -0.375 e. The van der Waals surface area contributed by atoms with Crippen LogP contribution in [0.25, 0.3) is 0 Å². The molecule has 1 fully saturated rings. The summed E-state index contributed by atoms with van der Waals surface area (Å²) in [7, 11) is 1.64. The Labute approximate surface area is 91.8 Å². The highest BCUT2D eigenvalue weighted by Gasteiger charge is 2.34. The summed E-state index contributed by atoms with van der Waals surface area (Å²) in [5.74, 6) is 0. The van der Waals surface area contributed by atoms with Crippen LogP contribution in [0, 0.1) is 0 Å². The molecule has 0 bridgehead atoms. The molecule has 2 amide bonds. The van der Waals surface area contributed by atoms with E-state index in [1.54, 1.807) is 7.05 Å². The Balaban J connectivity index is 2.51. The van der Waals surface area contributed by atoms with Crippen LogP contribution < -0.4 is 10.6 Å². The van der Waals surface area contributed by atoms with Crippen molar-refractivity contribution >= 4 is 6.03 Å². The molecule has 0 aromatic heterocycles. The quantitative estimate of drug-likeness (QED) is 0.750. The predicted molar refractivity (Wildman–Crippen MR) is 59.9 cm³/mol. The van der Waals surface area contributed by atoms with Gasteiger partial charge in [0.25, 0.3) is 0 Å². The molecule has 0 saturated carbocycles. The zero-order chi connectivity index (χ0) is 11.3. The maximum absolute atomic E-state index is 11.2. The summed E-state index contributed by atoms with van der Waals surface area (Å²) in [5.41, 5.74) is -0.0239. The zero-order valence-electron chi connectivity index (χ0n) is 9.93. The Morgan fingerprint density at radius 2 is 2.13 bits per heavy atom. The molecule has 1 aliphatic rings. The summed E-state index contributed by atoms with van der Waals surface area (Å²) in [6.45, 7) is 5.04. The van der Waals surface area contributed by atoms with E-state index in [0.717, 1.165) is 32.3 Å². The topological polar surface area (TPSA) is 50.4 Å². The van der Waals surface area contributed by atoms with Crippen LogP contribution in [-0.4, -0.2) is 31.3 Å². The molecular weight excluding hydrogens is 192 g/mol. The number of hydrogen-bond acceptors (Lipinski definition) is 2. The minimum absolute atomic E-state index is 0.0239. The molecule has 1 aliphatic heterocycles. The van der Waals surface area contributed by atoms with Crippen molar-refractivity contribution in [1.29, 1.82) is 0 Å². The molecule has 1 rings (SSSR count). The van der Waals surface area contributed by atoms with Gasteiger partial charge in [-0.3, -0.25) is 0 Å². The summed E-state index contributed by atoms with van der Waals surface area (Å²) >= 11 is 0. The lowest BCUT2D eigenvalue weighted by Crippen LogP contribution is -2.50. The number of carbonyl (C=O) groups is 1. The van der Waals surface area contributed by atoms with E-state index in [0.29, 0.717) is 0 Å². The molecule has 1 atom stereocenters. The average Bonchev–Trinajstić information content (AvgIpc) is 2.29. The third kappa shape index (κ3) is 3.09. The fourth-order valence-electron chi connectivity index (χ4n) is 2.15. The van der Waals surface area contributed by atoms with Gasteiger partial charge in [0.15, 0.2) is 0 Å². The largest absolute Gasteiger partial charge is 0.375 e. The Morgan fingerprint density at radius 3 is 2.67 bits per heavy atom. The number of hydrogen-bond donors (Lipinski definition) is 2. The van der Waals surface area contributed by atoms with Crippen LogP contribution in [0.15, 0.2) is 0 Å². The predicted octanol–water partition coefficient (Wildman–Crippen LogP) is 1.65. The van der Waals surface area contributed by atoms with E-state index in [-0.39, 0.29) is 17.7 Å². The molecule has 1 heterocycles. The number of amides is 2. The van der Waals surface area contributed by atoms with E-state index in [1.807, 2.05) is 0 Å². The van der Waals surface area contributed by atoms with Crippen LogP contribution in [0.5, 0.6) is 0 Å². The number of rotatable bonds is 3. The van der Waals surface area contributed by atoms with Gasteiger partial charge in [-0.1, -0.05) is 13.8 Å². The molecular formula is C11H22N2O2. The van der Waals surface area contributed by atoms with Gasteiger partial charge in [0.2, 0.25) is 0 Å². The Kier molecular flexibility index (Phi) is 4.39. The van der Waals surface area contributed by atoms with Gasteiger partial charge in [-0.2, -0.15) is 0 Å². The van der Waals surface area contributed by atoms with Gasteiger partial charge in [0, 0.05) is 19.7 Å². The summed E-state index contributed by atoms with van der Waals surface area (Å²) in [6.07, 6.45) is 3.85. The second-order valence-electron chi connectivity index (χ2n) is 4.15. The molecule has 1 saturated heterocycles. The van der Waals surface area contributed by atoms with Crippen molar-refractivity contribution in [3.63, 3.8) is 0 Å². The van der Waals surface area contributed by atoms with Crippen LogP contribution in [-0.2, 0) is 4.74 Å². The molecule has 0 aromatic rings. The summed E-state index contributed by atoms with van der Waals surface area (Å²) in [4.78, 5) is 11.2. The highest BCUT2D eigenvalue weighted by Crippen LogP contribution is 2.31. The molecule has 1 unspecified atom stereocenters. The van der Waals surface area contributed by atoms with E-state index < -0.39 is 0 Å². The average molecular weight is 214 g/mol. The summed E-state index contributed by atoms with van der Waals surface area (Å²) in [6, 6.07) is 0.154. The van der Waals surface area contributed by atoms with E-state index >= 15 is 0 Å². The van der Waals surface area contributed by atoms with E-state index in [4.69, 9.17) is 4.74 Å². The van der Waals surface area contributed by atoms with Crippen molar-refractivity contribution < 1.29 is 9.53 Å². The molecule has 0 aliphatic carbocycles. The molecule has 4 nitrogen and oxygen atoms in total. The van der Waals surface area contributed by atoms with Gasteiger partial charge in [0.1, 0.15) is 0 Å². The fourth-order valence-corrected chi connectivity index (χ4v) is 2.15. The number of ether oxygens (including phenoxy) is 1. The van der Waals surface area contributed by atoms with Crippen LogP contribution in [0.4, 0.5) is 4.79 Å². The zero-order valence-corrected chi connectivity index (χ0v) is 9.93. The molecule has 4 heteroatoms. The van der Waals surface area contributed by atoms with Crippen LogP contribution in [0.3, 0.4) is 0 Å². The molecule has 15 heavy (non-hydrogen) atoms. The van der Waals surface area contributed by atoms with E-state index in [9.17, 15) is 4.79 Å². The van der Waals surface area contributed by atoms with Crippen molar-refractivity contribution in [2.24, 2.45) is 0 Å². The summed E-state index contributed by atoms with van der Waals surface area (Å²) in [5, 5.41) is 5.55. The van der Waals surface area contributed by atoms with Gasteiger partial charge in [0.05, 0.1) is 5.60 Å². The molecule has 2 N–H and O–H groups in total. The molecule has 0 spiro atoms. The second-order valence-corrected chi connectivity index (χ2v) is 4.15. The van der Waals surface area contributed by atoms with Gasteiger partial charge in [-0.05, 0) is 25.7 Å². The second kappa shape index (κ2) is 5.35. The van der Waals surface area contributed by atoms with Crippen molar-refractivity contribution in [1.82, 2.24) is 10.6 Å². The third-order valence-corrected chi connectivity index (χ3v) is 3.34. The maximum atomic E-state index is 11.2. The first-order valence-electron chi connectivity index (χ1n) is 5.78. The standard InChI is InChI=1S/C11H22N2O2/c1-4-11(5-2)8-9(6-7-15-11)13-10(14)12-3/h9H,4-8H2,1-3H3,(H2,12,13,14). The molecule has 0 radical (unpaired) electrons. The molecule has 0 aromatic carbocycles. The van der Waals surface area contributed by atoms with Gasteiger partial charge in [-0.15, -0.1) is 0 Å². The van der Waals surface area contributed by atoms with Crippen LogP contribution in [0.1, 0.15) is 39.5 Å². The fraction of sp³-hybridized carbons (Fsp3) is 0.909. The lowest BCUT2D eigenvalue weighted by Gasteiger charge is -2.40. The van der Waals surface area contributed by atoms with Crippen molar-refractivity contribution in [3.05, 3.63) is 0 Å². The number of carbonyl (C=O) groups excluding carboxylic acids is 1. The van der Waals surface area contributed by atoms with Gasteiger partial charge in [-0.25, -0.2) is 4.79 Å².